The second kappa shape index (κ2) is 6.39. The number of hydrogen-bond acceptors (Lipinski definition) is 4. The number of benzene rings is 1. The first kappa shape index (κ1) is 18.4. The van der Waals surface area contributed by atoms with Crippen molar-refractivity contribution in [2.24, 2.45) is 0 Å². The largest absolute Gasteiger partial charge is 0.372 e. The lowest BCUT2D eigenvalue weighted by Crippen LogP contribution is -2.49. The van der Waals surface area contributed by atoms with E-state index in [0.717, 1.165) is 0 Å². The Balaban J connectivity index is 1.79. The summed E-state index contributed by atoms with van der Waals surface area (Å²) >= 11 is 0. The van der Waals surface area contributed by atoms with Gasteiger partial charge in [-0.05, 0) is 52.8 Å². The summed E-state index contributed by atoms with van der Waals surface area (Å²) in [5.41, 5.74) is 0.594. The van der Waals surface area contributed by atoms with Crippen LogP contribution in [0.25, 0.3) is 0 Å². The Hall–Kier alpha value is -2.41. The lowest BCUT2D eigenvalue weighted by atomic mass is 10.1. The van der Waals surface area contributed by atoms with Crippen LogP contribution in [0, 0.1) is 0 Å². The zero-order valence-electron chi connectivity index (χ0n) is 15.8. The van der Waals surface area contributed by atoms with Crippen LogP contribution >= 0.6 is 0 Å². The molecule has 7 nitrogen and oxygen atoms in total. The van der Waals surface area contributed by atoms with Crippen molar-refractivity contribution in [2.45, 2.75) is 52.4 Å². The number of nitrogens with one attached hydrogen (secondary N) is 1. The monoisotopic (exact) mass is 359 g/mol. The number of rotatable bonds is 1. The Morgan fingerprint density at radius 2 is 1.65 bits per heavy atom. The minimum Gasteiger partial charge on any atom is -0.372 e. The fourth-order valence-electron chi connectivity index (χ4n) is 3.47. The number of morpholine rings is 1. The minimum absolute atomic E-state index is 0.0240. The standard InChI is InChI=1S/C19H25N3O4/c1-11-9-21(10-12(2)26-11)18(25)20-13-6-7-14-15(8-13)17(24)22(16(14)23)19(3,4)5/h6-8,11-12H,9-10H2,1-5H3,(H,20,25). The van der Waals surface area contributed by atoms with Crippen molar-refractivity contribution in [3.05, 3.63) is 29.3 Å². The van der Waals surface area contributed by atoms with E-state index in [2.05, 4.69) is 5.32 Å². The van der Waals surface area contributed by atoms with E-state index < -0.39 is 5.54 Å². The molecule has 0 saturated carbocycles. The highest BCUT2D eigenvalue weighted by atomic mass is 16.5. The number of amides is 4. The molecule has 0 radical (unpaired) electrons. The van der Waals surface area contributed by atoms with Crippen molar-refractivity contribution in [1.82, 2.24) is 9.80 Å². The zero-order chi connectivity index (χ0) is 19.2. The molecule has 1 aromatic rings. The predicted octanol–water partition coefficient (Wildman–Crippen LogP) is 2.72. The molecular weight excluding hydrogens is 334 g/mol. The van der Waals surface area contributed by atoms with Gasteiger partial charge in [0.25, 0.3) is 11.8 Å². The Morgan fingerprint density at radius 3 is 2.23 bits per heavy atom. The van der Waals surface area contributed by atoms with Crippen molar-refractivity contribution in [2.75, 3.05) is 18.4 Å². The molecule has 2 aliphatic heterocycles. The van der Waals surface area contributed by atoms with Gasteiger partial charge in [0.1, 0.15) is 0 Å². The molecule has 1 N–H and O–H groups in total. The number of urea groups is 1. The molecule has 2 heterocycles. The molecule has 0 spiro atoms. The molecule has 2 atom stereocenters. The van der Waals surface area contributed by atoms with Crippen LogP contribution in [0.2, 0.25) is 0 Å². The van der Waals surface area contributed by atoms with Gasteiger partial charge in [-0.1, -0.05) is 0 Å². The molecule has 7 heteroatoms. The Labute approximate surface area is 153 Å². The second-order valence-corrected chi connectivity index (χ2v) is 7.97. The third kappa shape index (κ3) is 3.31. The SMILES string of the molecule is CC1CN(C(=O)Nc2ccc3c(c2)C(=O)N(C(C)(C)C)C3=O)CC(C)O1. The van der Waals surface area contributed by atoms with Gasteiger partial charge in [0.2, 0.25) is 0 Å². The Kier molecular flexibility index (Phi) is 4.52. The molecule has 0 bridgehead atoms. The lowest BCUT2D eigenvalue weighted by Gasteiger charge is -2.35. The van der Waals surface area contributed by atoms with Crippen LogP contribution in [-0.2, 0) is 4.74 Å². The van der Waals surface area contributed by atoms with Gasteiger partial charge in [0, 0.05) is 24.3 Å². The van der Waals surface area contributed by atoms with Gasteiger partial charge >= 0.3 is 6.03 Å². The number of carbonyl (C=O) groups is 3. The van der Waals surface area contributed by atoms with Crippen LogP contribution in [0.5, 0.6) is 0 Å². The summed E-state index contributed by atoms with van der Waals surface area (Å²) in [6.07, 6.45) is -0.0480. The summed E-state index contributed by atoms with van der Waals surface area (Å²) in [6.45, 7) is 10.3. The van der Waals surface area contributed by atoms with Crippen molar-refractivity contribution >= 4 is 23.5 Å². The van der Waals surface area contributed by atoms with E-state index in [4.69, 9.17) is 4.74 Å². The number of fused-ring (bicyclic) bond motifs is 1. The van der Waals surface area contributed by atoms with E-state index >= 15 is 0 Å². The maximum absolute atomic E-state index is 12.6. The topological polar surface area (TPSA) is 79.0 Å². The highest BCUT2D eigenvalue weighted by molar-refractivity contribution is 6.22. The summed E-state index contributed by atoms with van der Waals surface area (Å²) in [7, 11) is 0. The van der Waals surface area contributed by atoms with E-state index in [1.165, 1.54) is 4.90 Å². The van der Waals surface area contributed by atoms with Crippen LogP contribution < -0.4 is 5.32 Å². The summed E-state index contributed by atoms with van der Waals surface area (Å²) in [4.78, 5) is 40.6. The van der Waals surface area contributed by atoms with Crippen molar-refractivity contribution in [3.8, 4) is 0 Å². The molecule has 4 amide bonds. The second-order valence-electron chi connectivity index (χ2n) is 7.97. The molecule has 1 aromatic carbocycles. The molecule has 2 aliphatic rings. The average Bonchev–Trinajstić information content (AvgIpc) is 2.77. The Bertz CT molecular complexity index is 759. The lowest BCUT2D eigenvalue weighted by molar-refractivity contribution is -0.0530. The maximum atomic E-state index is 12.6. The average molecular weight is 359 g/mol. The van der Waals surface area contributed by atoms with E-state index in [0.29, 0.717) is 29.9 Å². The van der Waals surface area contributed by atoms with Gasteiger partial charge in [0.15, 0.2) is 0 Å². The first-order valence-corrected chi connectivity index (χ1v) is 8.82. The van der Waals surface area contributed by atoms with Gasteiger partial charge in [-0.3, -0.25) is 14.5 Å². The van der Waals surface area contributed by atoms with Crippen molar-refractivity contribution < 1.29 is 19.1 Å². The number of ether oxygens (including phenoxy) is 1. The molecule has 140 valence electrons. The minimum atomic E-state index is -0.601. The molecule has 0 aromatic heterocycles. The van der Waals surface area contributed by atoms with E-state index in [-0.39, 0.29) is 30.1 Å². The van der Waals surface area contributed by atoms with Crippen LogP contribution in [-0.4, -0.2) is 58.5 Å². The summed E-state index contributed by atoms with van der Waals surface area (Å²) in [5, 5.41) is 2.82. The van der Waals surface area contributed by atoms with Gasteiger partial charge in [-0.15, -0.1) is 0 Å². The molecular formula is C19H25N3O4. The van der Waals surface area contributed by atoms with E-state index in [1.54, 1.807) is 23.1 Å². The van der Waals surface area contributed by atoms with Crippen LogP contribution in [0.4, 0.5) is 10.5 Å². The molecule has 0 aliphatic carbocycles. The van der Waals surface area contributed by atoms with Crippen LogP contribution in [0.3, 0.4) is 0 Å². The number of imide groups is 1. The van der Waals surface area contributed by atoms with Gasteiger partial charge in [-0.25, -0.2) is 4.79 Å². The van der Waals surface area contributed by atoms with Gasteiger partial charge < -0.3 is 15.0 Å². The first-order chi connectivity index (χ1) is 12.1. The molecule has 3 rings (SSSR count). The van der Waals surface area contributed by atoms with Gasteiger partial charge in [-0.2, -0.15) is 0 Å². The fraction of sp³-hybridized carbons (Fsp3) is 0.526. The summed E-state index contributed by atoms with van der Waals surface area (Å²) in [6, 6.07) is 4.59. The van der Waals surface area contributed by atoms with E-state index in [1.807, 2.05) is 34.6 Å². The highest BCUT2D eigenvalue weighted by Gasteiger charge is 2.42. The first-order valence-electron chi connectivity index (χ1n) is 8.82. The predicted molar refractivity (Wildman–Crippen MR) is 97.3 cm³/mol. The number of anilines is 1. The maximum Gasteiger partial charge on any atom is 0.322 e. The molecule has 1 fully saturated rings. The van der Waals surface area contributed by atoms with Crippen molar-refractivity contribution in [3.63, 3.8) is 0 Å². The molecule has 2 unspecified atom stereocenters. The third-order valence-electron chi connectivity index (χ3n) is 4.52. The third-order valence-corrected chi connectivity index (χ3v) is 4.52. The number of hydrogen-bond donors (Lipinski definition) is 1. The molecule has 26 heavy (non-hydrogen) atoms. The van der Waals surface area contributed by atoms with Crippen molar-refractivity contribution in [1.29, 1.82) is 0 Å². The Morgan fingerprint density at radius 1 is 1.08 bits per heavy atom. The smallest absolute Gasteiger partial charge is 0.322 e. The van der Waals surface area contributed by atoms with E-state index in [9.17, 15) is 14.4 Å². The van der Waals surface area contributed by atoms with Gasteiger partial charge in [0.05, 0.1) is 23.3 Å². The molecule has 1 saturated heterocycles. The van der Waals surface area contributed by atoms with Crippen LogP contribution in [0.1, 0.15) is 55.3 Å². The number of carbonyl (C=O) groups excluding carboxylic acids is 3. The zero-order valence-corrected chi connectivity index (χ0v) is 15.8. The summed E-state index contributed by atoms with van der Waals surface area (Å²) in [5.74, 6) is -0.631. The van der Waals surface area contributed by atoms with Crippen LogP contribution in [0.15, 0.2) is 18.2 Å². The normalized spacial score (nSPS) is 23.3. The summed E-state index contributed by atoms with van der Waals surface area (Å²) < 4.78 is 5.64. The highest BCUT2D eigenvalue weighted by Crippen LogP contribution is 2.31. The number of nitrogens with zero attached hydrogens (tertiary/aromatic N) is 2. The fourth-order valence-corrected chi connectivity index (χ4v) is 3.47. The quantitative estimate of drug-likeness (QED) is 0.782.